The van der Waals surface area contributed by atoms with E-state index in [-0.39, 0.29) is 6.61 Å². The maximum atomic E-state index is 9.53. The Hall–Kier alpha value is -2.13. The zero-order valence-electron chi connectivity index (χ0n) is 12.5. The summed E-state index contributed by atoms with van der Waals surface area (Å²) in [6, 6.07) is 16.7. The summed E-state index contributed by atoms with van der Waals surface area (Å²) in [4.78, 5) is 4.49. The van der Waals surface area contributed by atoms with Gasteiger partial charge < -0.3 is 9.67 Å². The first-order valence-electron chi connectivity index (χ1n) is 7.33. The molecule has 0 aliphatic heterocycles. The average molecular weight is 280 g/mol. The Morgan fingerprint density at radius 1 is 1.05 bits per heavy atom. The summed E-state index contributed by atoms with van der Waals surface area (Å²) in [7, 11) is 0. The highest BCUT2D eigenvalue weighted by atomic mass is 16.3. The molecule has 3 rings (SSSR count). The monoisotopic (exact) mass is 280 g/mol. The molecule has 3 heteroatoms. The second kappa shape index (κ2) is 5.70. The highest BCUT2D eigenvalue weighted by Gasteiger charge is 2.10. The molecule has 0 radical (unpaired) electrons. The number of rotatable bonds is 4. The average Bonchev–Trinajstić information content (AvgIpc) is 2.86. The molecule has 3 aromatic rings. The van der Waals surface area contributed by atoms with Gasteiger partial charge in [0.1, 0.15) is 12.4 Å². The fraction of sp³-hybridized carbons (Fsp3) is 0.278. The Kier molecular flexibility index (Phi) is 3.76. The van der Waals surface area contributed by atoms with Crippen molar-refractivity contribution >= 4 is 11.0 Å². The third kappa shape index (κ3) is 2.69. The molecule has 0 saturated carbocycles. The van der Waals surface area contributed by atoms with E-state index in [9.17, 15) is 5.11 Å². The molecule has 0 aliphatic carbocycles. The van der Waals surface area contributed by atoms with Gasteiger partial charge in [0.05, 0.1) is 11.0 Å². The van der Waals surface area contributed by atoms with Crippen molar-refractivity contribution in [2.75, 3.05) is 0 Å². The van der Waals surface area contributed by atoms with Crippen molar-refractivity contribution in [2.24, 2.45) is 0 Å². The van der Waals surface area contributed by atoms with Crippen LogP contribution in [0.15, 0.2) is 48.5 Å². The van der Waals surface area contributed by atoms with Gasteiger partial charge in [-0.15, -0.1) is 0 Å². The second-order valence-electron chi connectivity index (χ2n) is 5.66. The summed E-state index contributed by atoms with van der Waals surface area (Å²) in [5.74, 6) is 1.25. The third-order valence-corrected chi connectivity index (χ3v) is 3.86. The molecule has 21 heavy (non-hydrogen) atoms. The van der Waals surface area contributed by atoms with Gasteiger partial charge in [0.2, 0.25) is 0 Å². The molecule has 1 aromatic heterocycles. The molecule has 0 bridgehead atoms. The Labute approximate surface area is 124 Å². The standard InChI is InChI=1S/C18H20N2O/c1-13(2)15-9-7-14(8-10-15)11-20-17-6-4-3-5-16(17)19-18(20)12-21/h3-10,13,21H,11-12H2,1-2H3. The van der Waals surface area contributed by atoms with Gasteiger partial charge in [-0.25, -0.2) is 4.98 Å². The fourth-order valence-electron chi connectivity index (χ4n) is 2.61. The molecule has 2 aromatic carbocycles. The number of imidazole rings is 1. The van der Waals surface area contributed by atoms with Crippen LogP contribution in [0.25, 0.3) is 11.0 Å². The van der Waals surface area contributed by atoms with Crippen molar-refractivity contribution in [2.45, 2.75) is 32.9 Å². The summed E-state index contributed by atoms with van der Waals surface area (Å²) in [5, 5.41) is 9.53. The van der Waals surface area contributed by atoms with Crippen molar-refractivity contribution in [3.05, 3.63) is 65.5 Å². The van der Waals surface area contributed by atoms with Gasteiger partial charge in [0.15, 0.2) is 0 Å². The Bertz CT molecular complexity index is 742. The first kappa shape index (κ1) is 13.8. The molecule has 108 valence electrons. The van der Waals surface area contributed by atoms with E-state index in [1.54, 1.807) is 0 Å². The highest BCUT2D eigenvalue weighted by Crippen LogP contribution is 2.19. The fourth-order valence-corrected chi connectivity index (χ4v) is 2.61. The minimum Gasteiger partial charge on any atom is -0.388 e. The number of aliphatic hydroxyl groups is 1. The van der Waals surface area contributed by atoms with Crippen LogP contribution in [0.3, 0.4) is 0 Å². The second-order valence-corrected chi connectivity index (χ2v) is 5.66. The maximum Gasteiger partial charge on any atom is 0.136 e. The van der Waals surface area contributed by atoms with Crippen molar-refractivity contribution in [3.63, 3.8) is 0 Å². The van der Waals surface area contributed by atoms with Gasteiger partial charge in [-0.2, -0.15) is 0 Å². The molecule has 0 fully saturated rings. The number of fused-ring (bicyclic) bond motifs is 1. The van der Waals surface area contributed by atoms with Gasteiger partial charge in [0, 0.05) is 6.54 Å². The molecule has 0 spiro atoms. The van der Waals surface area contributed by atoms with Crippen LogP contribution < -0.4 is 0 Å². The summed E-state index contributed by atoms with van der Waals surface area (Å²) in [6.07, 6.45) is 0. The predicted octanol–water partition coefficient (Wildman–Crippen LogP) is 3.70. The van der Waals surface area contributed by atoms with E-state index in [1.165, 1.54) is 11.1 Å². The Morgan fingerprint density at radius 2 is 1.76 bits per heavy atom. The quantitative estimate of drug-likeness (QED) is 0.791. The molecular weight excluding hydrogens is 260 g/mol. The number of aromatic nitrogens is 2. The molecule has 1 heterocycles. The lowest BCUT2D eigenvalue weighted by Crippen LogP contribution is -2.05. The summed E-state index contributed by atoms with van der Waals surface area (Å²) in [6.45, 7) is 5.08. The maximum absolute atomic E-state index is 9.53. The zero-order chi connectivity index (χ0) is 14.8. The van der Waals surface area contributed by atoms with Crippen LogP contribution in [-0.4, -0.2) is 14.7 Å². The van der Waals surface area contributed by atoms with Crippen molar-refractivity contribution in [1.29, 1.82) is 0 Å². The van der Waals surface area contributed by atoms with E-state index >= 15 is 0 Å². The van der Waals surface area contributed by atoms with E-state index in [0.717, 1.165) is 17.6 Å². The van der Waals surface area contributed by atoms with Gasteiger partial charge in [-0.05, 0) is 29.2 Å². The number of nitrogens with zero attached hydrogens (tertiary/aromatic N) is 2. The van der Waals surface area contributed by atoms with Crippen LogP contribution in [-0.2, 0) is 13.2 Å². The van der Waals surface area contributed by atoms with Gasteiger partial charge in [-0.1, -0.05) is 50.2 Å². The summed E-state index contributed by atoms with van der Waals surface area (Å²) in [5.41, 5.74) is 4.56. The minimum absolute atomic E-state index is 0.0429. The molecule has 1 N–H and O–H groups in total. The molecule has 0 saturated heterocycles. The van der Waals surface area contributed by atoms with Gasteiger partial charge in [0.25, 0.3) is 0 Å². The first-order chi connectivity index (χ1) is 10.2. The van der Waals surface area contributed by atoms with Crippen LogP contribution in [0.4, 0.5) is 0 Å². The normalized spacial score (nSPS) is 11.4. The first-order valence-corrected chi connectivity index (χ1v) is 7.33. The SMILES string of the molecule is CC(C)c1ccc(Cn2c(CO)nc3ccccc32)cc1. The number of para-hydroxylation sites is 2. The lowest BCUT2D eigenvalue weighted by molar-refractivity contribution is 0.267. The molecule has 0 aliphatic rings. The van der Waals surface area contributed by atoms with Crippen molar-refractivity contribution in [3.8, 4) is 0 Å². The Morgan fingerprint density at radius 3 is 2.43 bits per heavy atom. The number of hydrogen-bond donors (Lipinski definition) is 1. The molecule has 0 atom stereocenters. The zero-order valence-corrected chi connectivity index (χ0v) is 12.5. The number of benzene rings is 2. The van der Waals surface area contributed by atoms with Crippen LogP contribution in [0.5, 0.6) is 0 Å². The van der Waals surface area contributed by atoms with E-state index in [4.69, 9.17) is 0 Å². The summed E-state index contributed by atoms with van der Waals surface area (Å²) < 4.78 is 2.08. The number of aliphatic hydroxyl groups excluding tert-OH is 1. The minimum atomic E-state index is -0.0429. The highest BCUT2D eigenvalue weighted by molar-refractivity contribution is 5.76. The molecular formula is C18H20N2O. The Balaban J connectivity index is 1.97. The van der Waals surface area contributed by atoms with Gasteiger partial charge >= 0.3 is 0 Å². The van der Waals surface area contributed by atoms with Crippen LogP contribution in [0, 0.1) is 0 Å². The topological polar surface area (TPSA) is 38.0 Å². The van der Waals surface area contributed by atoms with Crippen LogP contribution >= 0.6 is 0 Å². The van der Waals surface area contributed by atoms with E-state index < -0.39 is 0 Å². The predicted molar refractivity (Wildman–Crippen MR) is 85.3 cm³/mol. The molecule has 3 nitrogen and oxygen atoms in total. The lowest BCUT2D eigenvalue weighted by atomic mass is 10.0. The van der Waals surface area contributed by atoms with E-state index in [2.05, 4.69) is 47.7 Å². The van der Waals surface area contributed by atoms with Gasteiger partial charge in [-0.3, -0.25) is 0 Å². The molecule has 0 amide bonds. The van der Waals surface area contributed by atoms with Crippen molar-refractivity contribution in [1.82, 2.24) is 9.55 Å². The molecule has 0 unspecified atom stereocenters. The van der Waals surface area contributed by atoms with Crippen LogP contribution in [0.2, 0.25) is 0 Å². The lowest BCUT2D eigenvalue weighted by Gasteiger charge is -2.10. The summed E-state index contributed by atoms with van der Waals surface area (Å²) >= 11 is 0. The largest absolute Gasteiger partial charge is 0.388 e. The van der Waals surface area contributed by atoms with Crippen LogP contribution in [0.1, 0.15) is 36.7 Å². The van der Waals surface area contributed by atoms with Crippen molar-refractivity contribution < 1.29 is 5.11 Å². The number of hydrogen-bond acceptors (Lipinski definition) is 2. The van der Waals surface area contributed by atoms with E-state index in [0.29, 0.717) is 11.7 Å². The smallest absolute Gasteiger partial charge is 0.136 e. The van der Waals surface area contributed by atoms with E-state index in [1.807, 2.05) is 24.3 Å². The third-order valence-electron chi connectivity index (χ3n) is 3.86.